The van der Waals surface area contributed by atoms with Crippen LogP contribution in [0.3, 0.4) is 0 Å². The van der Waals surface area contributed by atoms with Crippen molar-refractivity contribution < 1.29 is 19.6 Å². The molecular formula is C11H20BN4O4. The van der Waals surface area contributed by atoms with Crippen LogP contribution >= 0.6 is 0 Å². The first-order valence-corrected chi connectivity index (χ1v) is 6.43. The van der Waals surface area contributed by atoms with Crippen LogP contribution in [0.2, 0.25) is 0 Å². The van der Waals surface area contributed by atoms with E-state index in [-0.39, 0.29) is 32.1 Å². The smallest absolute Gasteiger partial charge is 0.429 e. The van der Waals surface area contributed by atoms with Gasteiger partial charge in [-0.2, -0.15) is 0 Å². The van der Waals surface area contributed by atoms with Crippen LogP contribution < -0.4 is 16.0 Å². The fourth-order valence-electron chi connectivity index (χ4n) is 2.06. The maximum absolute atomic E-state index is 11.7. The van der Waals surface area contributed by atoms with Crippen LogP contribution in [0.25, 0.3) is 0 Å². The second-order valence-electron chi connectivity index (χ2n) is 4.48. The third kappa shape index (κ3) is 5.10. The lowest BCUT2D eigenvalue weighted by Gasteiger charge is -2.16. The average molecular weight is 283 g/mol. The summed E-state index contributed by atoms with van der Waals surface area (Å²) in [6.07, 6.45) is 2.13. The number of rotatable bonds is 3. The summed E-state index contributed by atoms with van der Waals surface area (Å²) in [7, 11) is 0. The Morgan fingerprint density at radius 3 is 2.50 bits per heavy atom. The molecule has 1 radical (unpaired) electrons. The van der Waals surface area contributed by atoms with Crippen LogP contribution in [-0.4, -0.2) is 66.7 Å². The third-order valence-corrected chi connectivity index (χ3v) is 3.06. The molecule has 0 aliphatic carbocycles. The Hall–Kier alpha value is -1.74. The van der Waals surface area contributed by atoms with Crippen molar-refractivity contribution in [2.45, 2.75) is 18.9 Å². The molecule has 0 saturated carbocycles. The van der Waals surface area contributed by atoms with Crippen molar-refractivity contribution in [3.05, 3.63) is 12.4 Å². The minimum absolute atomic E-state index is 0. The molecular weight excluding hydrogens is 263 g/mol. The van der Waals surface area contributed by atoms with E-state index in [1.807, 2.05) is 0 Å². The predicted molar refractivity (Wildman–Crippen MR) is 73.1 cm³/mol. The summed E-state index contributed by atoms with van der Waals surface area (Å²) in [5.41, 5.74) is 0. The van der Waals surface area contributed by atoms with Crippen molar-refractivity contribution in [1.82, 2.24) is 20.9 Å². The van der Waals surface area contributed by atoms with Crippen molar-refractivity contribution in [3.63, 3.8) is 0 Å². The van der Waals surface area contributed by atoms with E-state index in [1.54, 1.807) is 4.90 Å². The predicted octanol–water partition coefficient (Wildman–Crippen LogP) is -2.74. The summed E-state index contributed by atoms with van der Waals surface area (Å²) in [5, 5.41) is 22.5. The lowest BCUT2D eigenvalue weighted by molar-refractivity contribution is -0.132. The molecule has 20 heavy (non-hydrogen) atoms. The quantitative estimate of drug-likeness (QED) is 0.359. The second kappa shape index (κ2) is 8.44. The number of nitrogens with zero attached hydrogens (tertiary/aromatic N) is 1. The molecule has 2 aliphatic rings. The Morgan fingerprint density at radius 2 is 2.00 bits per heavy atom. The molecule has 5 N–H and O–H groups in total. The van der Waals surface area contributed by atoms with E-state index in [9.17, 15) is 9.59 Å². The Kier molecular flexibility index (Phi) is 6.89. The highest BCUT2D eigenvalue weighted by Gasteiger charge is 2.25. The van der Waals surface area contributed by atoms with Gasteiger partial charge in [0.25, 0.3) is 0 Å². The molecule has 0 aromatic heterocycles. The molecule has 0 bridgehead atoms. The number of amides is 2. The van der Waals surface area contributed by atoms with Crippen molar-refractivity contribution in [1.29, 1.82) is 0 Å². The molecule has 8 nitrogen and oxygen atoms in total. The zero-order chi connectivity index (χ0) is 15.0. The lowest BCUT2D eigenvalue weighted by Crippen LogP contribution is -2.46. The molecule has 2 amide bonds. The van der Waals surface area contributed by atoms with E-state index in [0.29, 0.717) is 12.4 Å². The van der Waals surface area contributed by atoms with Crippen LogP contribution in [0, 0.1) is 0 Å². The monoisotopic (exact) mass is 283 g/mol. The molecule has 0 aromatic carbocycles. The number of nitrogens with one attached hydrogen (secondary N) is 3. The standard InChI is InChI=1S/C11H18N4O2.BH2O2/c1-8-12-6-9(14-8)11(17)13-7-10(16)15-4-2-3-5-15;2-1-3/h9,12,14H,1-7H2,(H,13,17);2-3H. The highest BCUT2D eigenvalue weighted by molar-refractivity contribution is 6.13. The molecule has 0 spiro atoms. The van der Waals surface area contributed by atoms with Crippen molar-refractivity contribution in [2.24, 2.45) is 0 Å². The summed E-state index contributed by atoms with van der Waals surface area (Å²) in [5.74, 6) is 0.486. The first kappa shape index (κ1) is 16.3. The fourth-order valence-corrected chi connectivity index (χ4v) is 2.06. The maximum Gasteiger partial charge on any atom is 0.482 e. The Bertz CT molecular complexity index is 360. The molecule has 2 rings (SSSR count). The molecule has 9 heteroatoms. The molecule has 2 fully saturated rings. The van der Waals surface area contributed by atoms with E-state index in [4.69, 9.17) is 10.0 Å². The normalized spacial score (nSPS) is 20.4. The van der Waals surface area contributed by atoms with Crippen LogP contribution in [0.5, 0.6) is 0 Å². The van der Waals surface area contributed by atoms with Crippen LogP contribution in [0.4, 0.5) is 0 Å². The molecule has 2 heterocycles. The molecule has 111 valence electrons. The van der Waals surface area contributed by atoms with Crippen molar-refractivity contribution in [3.8, 4) is 0 Å². The van der Waals surface area contributed by atoms with Gasteiger partial charge < -0.3 is 30.9 Å². The largest absolute Gasteiger partial charge is 0.482 e. The number of likely N-dealkylation sites (tertiary alicyclic amines) is 1. The van der Waals surface area contributed by atoms with Gasteiger partial charge >= 0.3 is 7.69 Å². The number of hydrogen-bond acceptors (Lipinski definition) is 6. The Morgan fingerprint density at radius 1 is 1.40 bits per heavy atom. The highest BCUT2D eigenvalue weighted by Crippen LogP contribution is 2.06. The zero-order valence-electron chi connectivity index (χ0n) is 11.3. The average Bonchev–Trinajstić information content (AvgIpc) is 3.07. The van der Waals surface area contributed by atoms with Gasteiger partial charge in [0.05, 0.1) is 12.4 Å². The Labute approximate surface area is 118 Å². The van der Waals surface area contributed by atoms with Gasteiger partial charge in [0.2, 0.25) is 11.8 Å². The van der Waals surface area contributed by atoms with Crippen LogP contribution in [0.1, 0.15) is 12.8 Å². The van der Waals surface area contributed by atoms with Gasteiger partial charge in [-0.15, -0.1) is 0 Å². The van der Waals surface area contributed by atoms with Crippen LogP contribution in [-0.2, 0) is 9.59 Å². The van der Waals surface area contributed by atoms with Gasteiger partial charge in [-0.05, 0) is 12.8 Å². The number of hydrogen-bond donors (Lipinski definition) is 5. The Balaban J connectivity index is 0.000000612. The molecule has 1 unspecified atom stereocenters. The van der Waals surface area contributed by atoms with E-state index in [1.165, 1.54) is 0 Å². The molecule has 2 aliphatic heterocycles. The molecule has 1 atom stereocenters. The SMILES string of the molecule is C=C1NCC(C(=O)NCC(=O)N2CCCC2)N1.O[B]O. The summed E-state index contributed by atoms with van der Waals surface area (Å²) >= 11 is 0. The lowest BCUT2D eigenvalue weighted by atomic mass is 10.3. The van der Waals surface area contributed by atoms with Crippen LogP contribution in [0.15, 0.2) is 12.4 Å². The second-order valence-corrected chi connectivity index (χ2v) is 4.48. The summed E-state index contributed by atoms with van der Waals surface area (Å²) < 4.78 is 0. The van der Waals surface area contributed by atoms with Gasteiger partial charge in [0.15, 0.2) is 0 Å². The maximum atomic E-state index is 11.7. The van der Waals surface area contributed by atoms with E-state index in [2.05, 4.69) is 22.5 Å². The fraction of sp³-hybridized carbons (Fsp3) is 0.636. The molecule has 0 aromatic rings. The van der Waals surface area contributed by atoms with Gasteiger partial charge in [0, 0.05) is 19.6 Å². The van der Waals surface area contributed by atoms with Crippen molar-refractivity contribution >= 4 is 19.5 Å². The third-order valence-electron chi connectivity index (χ3n) is 3.06. The summed E-state index contributed by atoms with van der Waals surface area (Å²) in [4.78, 5) is 25.2. The minimum Gasteiger partial charge on any atom is -0.429 e. The van der Waals surface area contributed by atoms with Gasteiger partial charge in [-0.3, -0.25) is 9.59 Å². The highest BCUT2D eigenvalue weighted by atomic mass is 16.4. The first-order chi connectivity index (χ1) is 9.58. The summed E-state index contributed by atoms with van der Waals surface area (Å²) in [6.45, 7) is 5.90. The summed E-state index contributed by atoms with van der Waals surface area (Å²) in [6, 6.07) is -0.325. The zero-order valence-corrected chi connectivity index (χ0v) is 11.3. The van der Waals surface area contributed by atoms with E-state index < -0.39 is 0 Å². The van der Waals surface area contributed by atoms with Crippen molar-refractivity contribution in [2.75, 3.05) is 26.2 Å². The minimum atomic E-state index is -0.325. The topological polar surface area (TPSA) is 114 Å². The number of carbonyl (C=O) groups excluding carboxylic acids is 2. The van der Waals surface area contributed by atoms with Gasteiger partial charge in [-0.25, -0.2) is 0 Å². The first-order valence-electron chi connectivity index (χ1n) is 6.43. The molecule has 2 saturated heterocycles. The van der Waals surface area contributed by atoms with E-state index in [0.717, 1.165) is 25.9 Å². The van der Waals surface area contributed by atoms with Gasteiger partial charge in [-0.1, -0.05) is 6.58 Å². The number of carbonyl (C=O) groups is 2. The van der Waals surface area contributed by atoms with Gasteiger partial charge in [0.1, 0.15) is 6.04 Å². The van der Waals surface area contributed by atoms with E-state index >= 15 is 0 Å².